The highest BCUT2D eigenvalue weighted by Crippen LogP contribution is 2.19. The molecule has 0 spiro atoms. The van der Waals surface area contributed by atoms with E-state index in [0.717, 1.165) is 16.9 Å². The molecule has 2 heterocycles. The molecule has 0 bridgehead atoms. The molecular weight excluding hydrogens is 316 g/mol. The van der Waals surface area contributed by atoms with E-state index in [1.807, 2.05) is 24.3 Å². The minimum Gasteiger partial charge on any atom is -0.342 e. The minimum atomic E-state index is -3.48. The summed E-state index contributed by atoms with van der Waals surface area (Å²) in [6, 6.07) is 7.74. The molecular formula is C15H20N4O3S. The molecule has 1 aliphatic heterocycles. The molecule has 2 aromatic rings. The number of hydrogen-bond donors (Lipinski definition) is 2. The van der Waals surface area contributed by atoms with E-state index in [-0.39, 0.29) is 17.6 Å². The molecule has 0 unspecified atom stereocenters. The molecule has 1 aromatic carbocycles. The Morgan fingerprint density at radius 2 is 2.17 bits per heavy atom. The molecule has 0 aliphatic carbocycles. The number of nitrogens with zero attached hydrogens (tertiary/aromatic N) is 2. The van der Waals surface area contributed by atoms with Crippen molar-refractivity contribution in [1.82, 2.24) is 14.9 Å². The monoisotopic (exact) mass is 336 g/mol. The first-order valence-electron chi connectivity index (χ1n) is 7.62. The van der Waals surface area contributed by atoms with E-state index in [1.54, 1.807) is 4.90 Å². The van der Waals surface area contributed by atoms with Crippen molar-refractivity contribution < 1.29 is 13.2 Å². The summed E-state index contributed by atoms with van der Waals surface area (Å²) in [5.41, 5.74) is 1.86. The Hall–Kier alpha value is -1.93. The first-order valence-corrected chi connectivity index (χ1v) is 9.34. The van der Waals surface area contributed by atoms with Gasteiger partial charge in [0.2, 0.25) is 15.9 Å². The summed E-state index contributed by atoms with van der Waals surface area (Å²) < 4.78 is 22.2. The quantitative estimate of drug-likeness (QED) is 0.834. The number of benzene rings is 1. The van der Waals surface area contributed by atoms with E-state index in [2.05, 4.69) is 9.97 Å². The molecule has 1 aromatic heterocycles. The minimum absolute atomic E-state index is 0.0300. The SMILES string of the molecule is NS(=O)(=O)C[C@@H]1CCN(C(=O)CCc2nc3ccccc3[nH]2)C1. The number of sulfonamides is 1. The van der Waals surface area contributed by atoms with E-state index in [9.17, 15) is 13.2 Å². The average Bonchev–Trinajstić information content (AvgIpc) is 3.09. The number of carbonyl (C=O) groups excluding carboxylic acids is 1. The summed E-state index contributed by atoms with van der Waals surface area (Å²) in [4.78, 5) is 21.6. The highest BCUT2D eigenvalue weighted by atomic mass is 32.2. The van der Waals surface area contributed by atoms with Crippen LogP contribution < -0.4 is 5.14 Å². The van der Waals surface area contributed by atoms with Crippen molar-refractivity contribution in [3.05, 3.63) is 30.1 Å². The van der Waals surface area contributed by atoms with Gasteiger partial charge in [-0.25, -0.2) is 18.5 Å². The number of nitrogens with two attached hydrogens (primary N) is 1. The molecule has 3 rings (SSSR count). The summed E-state index contributed by atoms with van der Waals surface area (Å²) in [6.45, 7) is 1.06. The number of para-hydroxylation sites is 2. The molecule has 1 fully saturated rings. The van der Waals surface area contributed by atoms with Gasteiger partial charge in [0.25, 0.3) is 0 Å². The largest absolute Gasteiger partial charge is 0.342 e. The van der Waals surface area contributed by atoms with E-state index in [1.165, 1.54) is 0 Å². The second-order valence-electron chi connectivity index (χ2n) is 6.02. The number of primary sulfonamides is 1. The number of hydrogen-bond acceptors (Lipinski definition) is 4. The van der Waals surface area contributed by atoms with Gasteiger partial charge in [-0.1, -0.05) is 12.1 Å². The smallest absolute Gasteiger partial charge is 0.223 e. The average molecular weight is 336 g/mol. The molecule has 124 valence electrons. The molecule has 1 atom stereocenters. The van der Waals surface area contributed by atoms with Gasteiger partial charge in [-0.3, -0.25) is 4.79 Å². The fourth-order valence-corrected chi connectivity index (χ4v) is 3.96. The fourth-order valence-electron chi connectivity index (χ4n) is 3.03. The predicted molar refractivity (Wildman–Crippen MR) is 87.1 cm³/mol. The Morgan fingerprint density at radius 3 is 2.91 bits per heavy atom. The lowest BCUT2D eigenvalue weighted by Crippen LogP contribution is -2.31. The van der Waals surface area contributed by atoms with Crippen LogP contribution in [0.5, 0.6) is 0 Å². The van der Waals surface area contributed by atoms with Crippen molar-refractivity contribution in [2.75, 3.05) is 18.8 Å². The van der Waals surface area contributed by atoms with Crippen LogP contribution in [0.15, 0.2) is 24.3 Å². The number of H-pyrrole nitrogens is 1. The number of aryl methyl sites for hydroxylation is 1. The molecule has 3 N–H and O–H groups in total. The number of imidazole rings is 1. The number of aromatic amines is 1. The van der Waals surface area contributed by atoms with E-state index in [0.29, 0.717) is 32.4 Å². The lowest BCUT2D eigenvalue weighted by atomic mass is 10.2. The third-order valence-corrected chi connectivity index (χ3v) is 5.06. The maximum atomic E-state index is 12.2. The van der Waals surface area contributed by atoms with E-state index < -0.39 is 10.0 Å². The van der Waals surface area contributed by atoms with Crippen LogP contribution in [0.1, 0.15) is 18.7 Å². The normalized spacial score (nSPS) is 18.7. The Balaban J connectivity index is 1.53. The van der Waals surface area contributed by atoms with Gasteiger partial charge in [0.05, 0.1) is 16.8 Å². The molecule has 1 amide bonds. The van der Waals surface area contributed by atoms with Crippen LogP contribution in [-0.4, -0.2) is 48.0 Å². The Bertz CT molecular complexity index is 782. The first kappa shape index (κ1) is 15.9. The van der Waals surface area contributed by atoms with Crippen molar-refractivity contribution >= 4 is 27.0 Å². The Labute approximate surface area is 134 Å². The van der Waals surface area contributed by atoms with Crippen LogP contribution in [0, 0.1) is 5.92 Å². The number of nitrogens with one attached hydrogen (secondary N) is 1. The van der Waals surface area contributed by atoms with Gasteiger partial charge in [0.15, 0.2) is 0 Å². The second kappa shape index (κ2) is 6.29. The zero-order chi connectivity index (χ0) is 16.4. The van der Waals surface area contributed by atoms with Crippen molar-refractivity contribution in [1.29, 1.82) is 0 Å². The zero-order valence-corrected chi connectivity index (χ0v) is 13.6. The first-order chi connectivity index (χ1) is 10.9. The Morgan fingerprint density at radius 1 is 1.39 bits per heavy atom. The van der Waals surface area contributed by atoms with Crippen molar-refractivity contribution in [2.24, 2.45) is 11.1 Å². The van der Waals surface area contributed by atoms with Gasteiger partial charge in [-0.05, 0) is 24.5 Å². The summed E-state index contributed by atoms with van der Waals surface area (Å²) in [5.74, 6) is 0.711. The van der Waals surface area contributed by atoms with Gasteiger partial charge in [-0.2, -0.15) is 0 Å². The molecule has 23 heavy (non-hydrogen) atoms. The molecule has 7 nitrogen and oxygen atoms in total. The summed E-state index contributed by atoms with van der Waals surface area (Å²) >= 11 is 0. The van der Waals surface area contributed by atoms with Crippen LogP contribution in [0.3, 0.4) is 0 Å². The molecule has 1 saturated heterocycles. The highest BCUT2D eigenvalue weighted by Gasteiger charge is 2.28. The lowest BCUT2D eigenvalue weighted by Gasteiger charge is -2.16. The third kappa shape index (κ3) is 4.08. The summed E-state index contributed by atoms with van der Waals surface area (Å²) in [6.07, 6.45) is 1.60. The summed E-state index contributed by atoms with van der Waals surface area (Å²) in [5, 5.41) is 5.06. The van der Waals surface area contributed by atoms with Gasteiger partial charge in [0.1, 0.15) is 5.82 Å². The fraction of sp³-hybridized carbons (Fsp3) is 0.467. The van der Waals surface area contributed by atoms with Gasteiger partial charge >= 0.3 is 0 Å². The predicted octanol–water partition coefficient (Wildman–Crippen LogP) is 0.633. The lowest BCUT2D eigenvalue weighted by molar-refractivity contribution is -0.130. The number of fused-ring (bicyclic) bond motifs is 1. The molecule has 1 aliphatic rings. The zero-order valence-electron chi connectivity index (χ0n) is 12.7. The van der Waals surface area contributed by atoms with Crippen molar-refractivity contribution in [2.45, 2.75) is 19.3 Å². The number of rotatable bonds is 5. The number of likely N-dealkylation sites (tertiary alicyclic amines) is 1. The van der Waals surface area contributed by atoms with Crippen LogP contribution in [0.25, 0.3) is 11.0 Å². The standard InChI is InChI=1S/C15H20N4O3S/c16-23(21,22)10-11-7-8-19(9-11)15(20)6-5-14-17-12-3-1-2-4-13(12)18-14/h1-4,11H,5-10H2,(H,17,18)(H2,16,21,22)/t11-/m1/s1. The third-order valence-electron chi connectivity index (χ3n) is 4.12. The van der Waals surface area contributed by atoms with Gasteiger partial charge < -0.3 is 9.88 Å². The van der Waals surface area contributed by atoms with Crippen molar-refractivity contribution in [3.8, 4) is 0 Å². The maximum Gasteiger partial charge on any atom is 0.223 e. The van der Waals surface area contributed by atoms with Gasteiger partial charge in [-0.15, -0.1) is 0 Å². The maximum absolute atomic E-state index is 12.2. The number of carbonyl (C=O) groups is 1. The van der Waals surface area contributed by atoms with Crippen LogP contribution >= 0.6 is 0 Å². The van der Waals surface area contributed by atoms with Crippen LogP contribution in [0.4, 0.5) is 0 Å². The highest BCUT2D eigenvalue weighted by molar-refractivity contribution is 7.89. The molecule has 0 saturated carbocycles. The van der Waals surface area contributed by atoms with Gasteiger partial charge in [0, 0.05) is 25.9 Å². The van der Waals surface area contributed by atoms with Crippen LogP contribution in [0.2, 0.25) is 0 Å². The Kier molecular flexibility index (Phi) is 4.36. The molecule has 8 heteroatoms. The second-order valence-corrected chi connectivity index (χ2v) is 7.68. The van der Waals surface area contributed by atoms with Crippen molar-refractivity contribution in [3.63, 3.8) is 0 Å². The van der Waals surface area contributed by atoms with E-state index in [4.69, 9.17) is 5.14 Å². The number of aromatic nitrogens is 2. The van der Waals surface area contributed by atoms with Crippen LogP contribution in [-0.2, 0) is 21.2 Å². The summed E-state index contributed by atoms with van der Waals surface area (Å²) in [7, 11) is -3.48. The number of amides is 1. The van der Waals surface area contributed by atoms with E-state index >= 15 is 0 Å². The molecule has 0 radical (unpaired) electrons. The topological polar surface area (TPSA) is 109 Å².